The summed E-state index contributed by atoms with van der Waals surface area (Å²) in [6.07, 6.45) is 0. The third-order valence-electron chi connectivity index (χ3n) is 2.83. The minimum absolute atomic E-state index is 0.0950. The van der Waals surface area contributed by atoms with E-state index in [-0.39, 0.29) is 5.91 Å². The molecule has 2 heterocycles. The Bertz CT molecular complexity index is 609. The van der Waals surface area contributed by atoms with Gasteiger partial charge in [0.15, 0.2) is 0 Å². The molecule has 0 spiro atoms. The number of carbonyl (C=O) groups is 1. The lowest BCUT2D eigenvalue weighted by molar-refractivity contribution is 0.0951. The van der Waals surface area contributed by atoms with Crippen molar-refractivity contribution >= 4 is 23.1 Å². The van der Waals surface area contributed by atoms with Gasteiger partial charge >= 0.3 is 0 Å². The van der Waals surface area contributed by atoms with Crippen LogP contribution in [0.25, 0.3) is 0 Å². The first-order valence-corrected chi connectivity index (χ1v) is 7.38. The van der Waals surface area contributed by atoms with E-state index >= 15 is 0 Å². The molecule has 2 N–H and O–H groups in total. The molecular formula is C14H18N4OS. The van der Waals surface area contributed by atoms with E-state index < -0.39 is 0 Å². The molecule has 2 aromatic rings. The lowest BCUT2D eigenvalue weighted by Gasteiger charge is -2.08. The molecule has 0 aliphatic rings. The number of aryl methyl sites for hydroxylation is 2. The second-order valence-corrected chi connectivity index (χ2v) is 5.40. The van der Waals surface area contributed by atoms with Crippen molar-refractivity contribution in [2.75, 3.05) is 11.9 Å². The Morgan fingerprint density at radius 3 is 2.80 bits per heavy atom. The number of thiazole rings is 1. The molecule has 106 valence electrons. The average molecular weight is 290 g/mol. The Hall–Kier alpha value is -1.95. The normalized spacial score (nSPS) is 10.3. The molecule has 2 aromatic heterocycles. The van der Waals surface area contributed by atoms with E-state index in [2.05, 4.69) is 20.6 Å². The largest absolute Gasteiger partial charge is 0.370 e. The minimum Gasteiger partial charge on any atom is -0.370 e. The summed E-state index contributed by atoms with van der Waals surface area (Å²) in [6.45, 7) is 7.10. The number of nitrogens with zero attached hydrogens (tertiary/aromatic N) is 2. The van der Waals surface area contributed by atoms with Crippen LogP contribution in [0.15, 0.2) is 17.6 Å². The molecule has 0 aromatic carbocycles. The fourth-order valence-corrected chi connectivity index (χ4v) is 2.55. The summed E-state index contributed by atoms with van der Waals surface area (Å²) in [5.41, 5.74) is 4.20. The van der Waals surface area contributed by atoms with E-state index in [9.17, 15) is 4.79 Å². The van der Waals surface area contributed by atoms with E-state index in [4.69, 9.17) is 0 Å². The standard InChI is InChI=1S/C14H18N4OS/c1-4-15-13-6-11(5-9(2)18-13)14(19)16-7-12-10(3)17-8-20-12/h5-6,8H,4,7H2,1-3H3,(H,15,18)(H,16,19). The molecule has 1 amide bonds. The topological polar surface area (TPSA) is 66.9 Å². The Morgan fingerprint density at radius 1 is 1.35 bits per heavy atom. The molecule has 0 saturated heterocycles. The van der Waals surface area contributed by atoms with E-state index in [1.807, 2.05) is 20.8 Å². The molecule has 6 heteroatoms. The van der Waals surface area contributed by atoms with Crippen LogP contribution in [0.3, 0.4) is 0 Å². The van der Waals surface area contributed by atoms with Gasteiger partial charge in [0.25, 0.3) is 5.91 Å². The predicted octanol–water partition coefficient (Wildman–Crippen LogP) is 2.52. The van der Waals surface area contributed by atoms with Crippen molar-refractivity contribution in [1.82, 2.24) is 15.3 Å². The van der Waals surface area contributed by atoms with Crippen molar-refractivity contribution < 1.29 is 4.79 Å². The van der Waals surface area contributed by atoms with Crippen LogP contribution in [-0.4, -0.2) is 22.4 Å². The van der Waals surface area contributed by atoms with Crippen molar-refractivity contribution in [1.29, 1.82) is 0 Å². The maximum absolute atomic E-state index is 12.2. The number of nitrogens with one attached hydrogen (secondary N) is 2. The Labute approximate surface area is 122 Å². The highest BCUT2D eigenvalue weighted by Gasteiger charge is 2.09. The molecule has 0 aliphatic heterocycles. The first-order chi connectivity index (χ1) is 9.60. The van der Waals surface area contributed by atoms with Gasteiger partial charge in [-0.05, 0) is 32.9 Å². The number of anilines is 1. The molecule has 20 heavy (non-hydrogen) atoms. The van der Waals surface area contributed by atoms with Crippen molar-refractivity contribution in [3.8, 4) is 0 Å². The van der Waals surface area contributed by atoms with E-state index in [1.54, 1.807) is 29.0 Å². The third-order valence-corrected chi connectivity index (χ3v) is 3.76. The SMILES string of the molecule is CCNc1cc(C(=O)NCc2scnc2C)cc(C)n1. The van der Waals surface area contributed by atoms with Crippen LogP contribution >= 0.6 is 11.3 Å². The van der Waals surface area contributed by atoms with E-state index in [0.29, 0.717) is 12.1 Å². The lowest BCUT2D eigenvalue weighted by Crippen LogP contribution is -2.23. The lowest BCUT2D eigenvalue weighted by atomic mass is 10.2. The zero-order valence-electron chi connectivity index (χ0n) is 11.9. The van der Waals surface area contributed by atoms with Crippen LogP contribution in [-0.2, 0) is 6.54 Å². The fraction of sp³-hybridized carbons (Fsp3) is 0.357. The van der Waals surface area contributed by atoms with Gasteiger partial charge in [-0.25, -0.2) is 9.97 Å². The van der Waals surface area contributed by atoms with Gasteiger partial charge < -0.3 is 10.6 Å². The smallest absolute Gasteiger partial charge is 0.251 e. The van der Waals surface area contributed by atoms with Crippen LogP contribution in [0.1, 0.15) is 33.5 Å². The molecular weight excluding hydrogens is 272 g/mol. The highest BCUT2D eigenvalue weighted by Crippen LogP contribution is 2.13. The monoisotopic (exact) mass is 290 g/mol. The summed E-state index contributed by atoms with van der Waals surface area (Å²) >= 11 is 1.55. The number of carbonyl (C=O) groups excluding carboxylic acids is 1. The van der Waals surface area contributed by atoms with E-state index in [0.717, 1.165) is 28.6 Å². The van der Waals surface area contributed by atoms with Crippen LogP contribution in [0.5, 0.6) is 0 Å². The van der Waals surface area contributed by atoms with Gasteiger partial charge in [-0.15, -0.1) is 11.3 Å². The highest BCUT2D eigenvalue weighted by molar-refractivity contribution is 7.09. The third kappa shape index (κ3) is 3.54. The molecule has 5 nitrogen and oxygen atoms in total. The second kappa shape index (κ2) is 6.47. The quantitative estimate of drug-likeness (QED) is 0.888. The van der Waals surface area contributed by atoms with Crippen molar-refractivity contribution in [2.24, 2.45) is 0 Å². The molecule has 0 aliphatic carbocycles. The minimum atomic E-state index is -0.0950. The Balaban J connectivity index is 2.07. The van der Waals surface area contributed by atoms with Gasteiger partial charge in [0.1, 0.15) is 5.82 Å². The Kier molecular flexibility index (Phi) is 4.68. The maximum Gasteiger partial charge on any atom is 0.251 e. The number of hydrogen-bond acceptors (Lipinski definition) is 5. The zero-order chi connectivity index (χ0) is 14.5. The number of amides is 1. The second-order valence-electron chi connectivity index (χ2n) is 4.46. The Morgan fingerprint density at radius 2 is 2.15 bits per heavy atom. The van der Waals surface area contributed by atoms with Crippen molar-refractivity contribution in [3.05, 3.63) is 39.5 Å². The molecule has 0 saturated carbocycles. The summed E-state index contributed by atoms with van der Waals surface area (Å²) in [5.74, 6) is 0.633. The van der Waals surface area contributed by atoms with Crippen LogP contribution in [0.2, 0.25) is 0 Å². The molecule has 2 rings (SSSR count). The molecule has 0 fully saturated rings. The average Bonchev–Trinajstić information content (AvgIpc) is 2.81. The maximum atomic E-state index is 12.2. The number of rotatable bonds is 5. The number of aromatic nitrogens is 2. The van der Waals surface area contributed by atoms with Gasteiger partial charge in [0.05, 0.1) is 17.7 Å². The molecule has 0 atom stereocenters. The van der Waals surface area contributed by atoms with Crippen LogP contribution in [0.4, 0.5) is 5.82 Å². The fourth-order valence-electron chi connectivity index (χ4n) is 1.83. The van der Waals surface area contributed by atoms with Gasteiger partial charge in [0, 0.05) is 22.7 Å². The van der Waals surface area contributed by atoms with Gasteiger partial charge in [0.2, 0.25) is 0 Å². The number of pyridine rings is 1. The summed E-state index contributed by atoms with van der Waals surface area (Å²) in [6, 6.07) is 3.56. The molecule has 0 radical (unpaired) electrons. The van der Waals surface area contributed by atoms with Gasteiger partial charge in [-0.2, -0.15) is 0 Å². The first-order valence-electron chi connectivity index (χ1n) is 6.50. The van der Waals surface area contributed by atoms with Crippen molar-refractivity contribution in [2.45, 2.75) is 27.3 Å². The highest BCUT2D eigenvalue weighted by atomic mass is 32.1. The summed E-state index contributed by atoms with van der Waals surface area (Å²) in [4.78, 5) is 21.8. The van der Waals surface area contributed by atoms with Crippen LogP contribution in [0, 0.1) is 13.8 Å². The predicted molar refractivity (Wildman–Crippen MR) is 81.2 cm³/mol. The zero-order valence-corrected chi connectivity index (χ0v) is 12.7. The summed E-state index contributed by atoms with van der Waals surface area (Å²) in [7, 11) is 0. The number of hydrogen-bond donors (Lipinski definition) is 2. The molecule has 0 bridgehead atoms. The summed E-state index contributed by atoms with van der Waals surface area (Å²) in [5, 5.41) is 6.04. The van der Waals surface area contributed by atoms with E-state index in [1.165, 1.54) is 0 Å². The van der Waals surface area contributed by atoms with Crippen molar-refractivity contribution in [3.63, 3.8) is 0 Å². The summed E-state index contributed by atoms with van der Waals surface area (Å²) < 4.78 is 0. The first kappa shape index (κ1) is 14.5. The van der Waals surface area contributed by atoms with Crippen LogP contribution < -0.4 is 10.6 Å². The van der Waals surface area contributed by atoms with Gasteiger partial charge in [-0.3, -0.25) is 4.79 Å². The molecule has 0 unspecified atom stereocenters. The van der Waals surface area contributed by atoms with Gasteiger partial charge in [-0.1, -0.05) is 0 Å².